The molecule has 4 rings (SSSR count). The van der Waals surface area contributed by atoms with Crippen molar-refractivity contribution >= 4 is 28.1 Å². The lowest BCUT2D eigenvalue weighted by molar-refractivity contribution is 0.0998. The highest BCUT2D eigenvalue weighted by Crippen LogP contribution is 2.36. The van der Waals surface area contributed by atoms with Gasteiger partial charge in [0.2, 0.25) is 0 Å². The molecule has 0 saturated carbocycles. The molecule has 1 aromatic heterocycles. The van der Waals surface area contributed by atoms with Crippen LogP contribution in [0.4, 0.5) is 15.2 Å². The summed E-state index contributed by atoms with van der Waals surface area (Å²) in [6.45, 7) is 1.87. The molecule has 5 nitrogen and oxygen atoms in total. The number of hydrogen-bond acceptors (Lipinski definition) is 5. The van der Waals surface area contributed by atoms with Crippen molar-refractivity contribution in [2.24, 2.45) is 0 Å². The normalized spacial score (nSPS) is 10.6. The lowest BCUT2D eigenvalue weighted by atomic mass is 10.1. The van der Waals surface area contributed by atoms with Crippen molar-refractivity contribution in [3.8, 4) is 22.8 Å². The Morgan fingerprint density at radius 1 is 0.969 bits per heavy atom. The first-order valence-electron chi connectivity index (χ1n) is 9.85. The second kappa shape index (κ2) is 9.20. The molecular formula is C25H21FN2O3S. The Hall–Kier alpha value is -3.71. The van der Waals surface area contributed by atoms with Gasteiger partial charge in [0.05, 0.1) is 25.6 Å². The van der Waals surface area contributed by atoms with E-state index in [0.717, 1.165) is 11.1 Å². The predicted molar refractivity (Wildman–Crippen MR) is 125 cm³/mol. The molecule has 32 heavy (non-hydrogen) atoms. The van der Waals surface area contributed by atoms with Crippen LogP contribution in [0.15, 0.2) is 72.1 Å². The van der Waals surface area contributed by atoms with Crippen LogP contribution in [0.25, 0.3) is 11.3 Å². The summed E-state index contributed by atoms with van der Waals surface area (Å²) in [5, 5.41) is 2.35. The van der Waals surface area contributed by atoms with Gasteiger partial charge in [-0.3, -0.25) is 9.69 Å². The number of ether oxygens (including phenoxy) is 2. The van der Waals surface area contributed by atoms with E-state index in [0.29, 0.717) is 33.6 Å². The van der Waals surface area contributed by atoms with Gasteiger partial charge in [-0.15, -0.1) is 11.3 Å². The molecule has 1 heterocycles. The molecule has 162 valence electrons. The Bertz CT molecular complexity index is 1210. The first-order chi connectivity index (χ1) is 15.5. The molecule has 7 heteroatoms. The van der Waals surface area contributed by atoms with Gasteiger partial charge in [-0.05, 0) is 55.5 Å². The van der Waals surface area contributed by atoms with Crippen molar-refractivity contribution in [3.63, 3.8) is 0 Å². The zero-order valence-electron chi connectivity index (χ0n) is 17.8. The SMILES string of the molecule is COc1cc(C(=O)N(c2ccccc2)c2nc(-c3ccc(F)cc3)cs2)cc(OC)c1C. The van der Waals surface area contributed by atoms with Crippen molar-refractivity contribution in [1.82, 2.24) is 4.98 Å². The smallest absolute Gasteiger partial charge is 0.264 e. The lowest BCUT2D eigenvalue weighted by Crippen LogP contribution is -2.26. The number of nitrogens with zero attached hydrogens (tertiary/aromatic N) is 2. The number of halogens is 1. The molecular weight excluding hydrogens is 427 g/mol. The first kappa shape index (κ1) is 21.5. The van der Waals surface area contributed by atoms with Crippen LogP contribution in [0, 0.1) is 12.7 Å². The molecule has 0 N–H and O–H groups in total. The molecule has 0 bridgehead atoms. The fourth-order valence-electron chi connectivity index (χ4n) is 3.35. The number of benzene rings is 3. The summed E-state index contributed by atoms with van der Waals surface area (Å²) in [5.41, 5.74) is 3.33. The summed E-state index contributed by atoms with van der Waals surface area (Å²) in [6.07, 6.45) is 0. The van der Waals surface area contributed by atoms with Gasteiger partial charge in [-0.1, -0.05) is 18.2 Å². The topological polar surface area (TPSA) is 51.7 Å². The Morgan fingerprint density at radius 2 is 1.59 bits per heavy atom. The summed E-state index contributed by atoms with van der Waals surface area (Å²) in [6, 6.07) is 18.8. The van der Waals surface area contributed by atoms with Gasteiger partial charge < -0.3 is 9.47 Å². The molecule has 1 amide bonds. The third kappa shape index (κ3) is 4.20. The third-order valence-electron chi connectivity index (χ3n) is 5.04. The highest BCUT2D eigenvalue weighted by atomic mass is 32.1. The summed E-state index contributed by atoms with van der Waals surface area (Å²) in [4.78, 5) is 19.9. The summed E-state index contributed by atoms with van der Waals surface area (Å²) in [5.74, 6) is 0.541. The highest BCUT2D eigenvalue weighted by molar-refractivity contribution is 7.14. The average molecular weight is 449 g/mol. The maximum atomic E-state index is 13.7. The van der Waals surface area contributed by atoms with E-state index in [1.54, 1.807) is 43.4 Å². The highest BCUT2D eigenvalue weighted by Gasteiger charge is 2.25. The molecule has 0 aliphatic carbocycles. The van der Waals surface area contributed by atoms with Crippen LogP contribution in [-0.2, 0) is 0 Å². The first-order valence-corrected chi connectivity index (χ1v) is 10.7. The molecule has 0 unspecified atom stereocenters. The minimum absolute atomic E-state index is 0.271. The Morgan fingerprint density at radius 3 is 2.19 bits per heavy atom. The largest absolute Gasteiger partial charge is 0.496 e. The molecule has 3 aromatic carbocycles. The standard InChI is InChI=1S/C25H21FN2O3S/c1-16-22(30-2)13-18(14-23(16)31-3)24(29)28(20-7-5-4-6-8-20)25-27-21(15-32-25)17-9-11-19(26)12-10-17/h4-15H,1-3H3. The fourth-order valence-corrected chi connectivity index (χ4v) is 4.20. The van der Waals surface area contributed by atoms with Crippen LogP contribution in [0.5, 0.6) is 11.5 Å². The molecule has 4 aromatic rings. The lowest BCUT2D eigenvalue weighted by Gasteiger charge is -2.21. The van der Waals surface area contributed by atoms with Crippen molar-refractivity contribution in [1.29, 1.82) is 0 Å². The van der Waals surface area contributed by atoms with E-state index in [9.17, 15) is 9.18 Å². The molecule has 0 spiro atoms. The van der Waals surface area contributed by atoms with Crippen molar-refractivity contribution in [2.75, 3.05) is 19.1 Å². The number of rotatable bonds is 6. The minimum Gasteiger partial charge on any atom is -0.496 e. The van der Waals surface area contributed by atoms with Crippen molar-refractivity contribution < 1.29 is 18.7 Å². The number of amides is 1. The number of thiazole rings is 1. The van der Waals surface area contributed by atoms with E-state index in [1.807, 2.05) is 42.6 Å². The number of hydrogen-bond donors (Lipinski definition) is 0. The quantitative estimate of drug-likeness (QED) is 0.350. The van der Waals surface area contributed by atoms with Crippen LogP contribution in [0.1, 0.15) is 15.9 Å². The molecule has 0 aliphatic rings. The van der Waals surface area contributed by atoms with E-state index in [1.165, 1.54) is 23.5 Å². The van der Waals surface area contributed by atoms with Gasteiger partial charge in [0.1, 0.15) is 17.3 Å². The number of para-hydroxylation sites is 1. The van der Waals surface area contributed by atoms with Gasteiger partial charge in [0, 0.05) is 22.1 Å². The summed E-state index contributed by atoms with van der Waals surface area (Å²) < 4.78 is 24.2. The van der Waals surface area contributed by atoms with Gasteiger partial charge in [0.25, 0.3) is 5.91 Å². The predicted octanol–water partition coefficient (Wildman–Crippen LogP) is 6.25. The maximum absolute atomic E-state index is 13.7. The van der Waals surface area contributed by atoms with Gasteiger partial charge >= 0.3 is 0 Å². The third-order valence-corrected chi connectivity index (χ3v) is 5.87. The second-order valence-electron chi connectivity index (χ2n) is 7.00. The van der Waals surface area contributed by atoms with Crippen molar-refractivity contribution in [2.45, 2.75) is 6.92 Å². The van der Waals surface area contributed by atoms with Crippen LogP contribution >= 0.6 is 11.3 Å². The Kier molecular flexibility index (Phi) is 6.18. The van der Waals surface area contributed by atoms with Crippen LogP contribution in [0.3, 0.4) is 0 Å². The number of carbonyl (C=O) groups is 1. The van der Waals surface area contributed by atoms with Crippen molar-refractivity contribution in [3.05, 3.63) is 89.1 Å². The maximum Gasteiger partial charge on any atom is 0.264 e. The number of methoxy groups -OCH3 is 2. The number of aromatic nitrogens is 1. The monoisotopic (exact) mass is 448 g/mol. The number of carbonyl (C=O) groups excluding carboxylic acids is 1. The fraction of sp³-hybridized carbons (Fsp3) is 0.120. The van der Waals surface area contributed by atoms with Gasteiger partial charge in [0.15, 0.2) is 5.13 Å². The summed E-state index contributed by atoms with van der Waals surface area (Å²) >= 11 is 1.34. The van der Waals surface area contributed by atoms with Crippen LogP contribution in [-0.4, -0.2) is 25.1 Å². The minimum atomic E-state index is -0.312. The van der Waals surface area contributed by atoms with Crippen LogP contribution in [0.2, 0.25) is 0 Å². The Balaban J connectivity index is 1.79. The van der Waals surface area contributed by atoms with E-state index in [-0.39, 0.29) is 11.7 Å². The number of anilines is 2. The van der Waals surface area contributed by atoms with Gasteiger partial charge in [-0.2, -0.15) is 0 Å². The summed E-state index contributed by atoms with van der Waals surface area (Å²) in [7, 11) is 3.11. The molecule has 0 saturated heterocycles. The zero-order valence-corrected chi connectivity index (χ0v) is 18.7. The molecule has 0 aliphatic heterocycles. The Labute approximate surface area is 189 Å². The van der Waals surface area contributed by atoms with Crippen LogP contribution < -0.4 is 14.4 Å². The average Bonchev–Trinajstić information content (AvgIpc) is 3.30. The molecule has 0 atom stereocenters. The van der Waals surface area contributed by atoms with E-state index < -0.39 is 0 Å². The molecule has 0 fully saturated rings. The van der Waals surface area contributed by atoms with E-state index in [4.69, 9.17) is 9.47 Å². The van der Waals surface area contributed by atoms with E-state index in [2.05, 4.69) is 4.98 Å². The van der Waals surface area contributed by atoms with E-state index >= 15 is 0 Å². The van der Waals surface area contributed by atoms with Gasteiger partial charge in [-0.25, -0.2) is 9.37 Å². The second-order valence-corrected chi connectivity index (χ2v) is 7.84. The zero-order chi connectivity index (χ0) is 22.7. The molecule has 0 radical (unpaired) electrons.